The van der Waals surface area contributed by atoms with E-state index in [1.54, 1.807) is 0 Å². The Morgan fingerprint density at radius 3 is 2.64 bits per heavy atom. The molecule has 0 aromatic carbocycles. The summed E-state index contributed by atoms with van der Waals surface area (Å²) in [6, 6.07) is 0. The fourth-order valence-electron chi connectivity index (χ4n) is 0.654. The van der Waals surface area contributed by atoms with Crippen LogP contribution < -0.4 is 0 Å². The van der Waals surface area contributed by atoms with Crippen molar-refractivity contribution in [2.75, 3.05) is 0 Å². The Morgan fingerprint density at radius 2 is 2.27 bits per heavy atom. The van der Waals surface area contributed by atoms with Crippen molar-refractivity contribution >= 4 is 41.3 Å². The molecule has 60 valence electrons. The summed E-state index contributed by atoms with van der Waals surface area (Å²) in [5, 5.41) is 0.649. The summed E-state index contributed by atoms with van der Waals surface area (Å²) in [5.74, 6) is 0.734. The van der Waals surface area contributed by atoms with Crippen LogP contribution in [-0.4, -0.2) is 4.98 Å². The van der Waals surface area contributed by atoms with Crippen LogP contribution in [0, 0.1) is 3.90 Å². The minimum atomic E-state index is 0.625. The third-order valence-electron chi connectivity index (χ3n) is 1.03. The molecule has 4 heteroatoms. The zero-order chi connectivity index (χ0) is 8.43. The van der Waals surface area contributed by atoms with Crippen LogP contribution in [0.1, 0.15) is 19.6 Å². The van der Waals surface area contributed by atoms with Gasteiger partial charge >= 0.3 is 0 Å². The van der Waals surface area contributed by atoms with E-state index in [4.69, 9.17) is 4.42 Å². The van der Waals surface area contributed by atoms with Gasteiger partial charge in [0.1, 0.15) is 5.03 Å². The highest BCUT2D eigenvalue weighted by Gasteiger charge is 2.04. The van der Waals surface area contributed by atoms with E-state index in [0.29, 0.717) is 8.92 Å². The second-order valence-corrected chi connectivity index (χ2v) is 3.72. The molecule has 0 radical (unpaired) electrons. The van der Waals surface area contributed by atoms with Crippen LogP contribution in [0.5, 0.6) is 0 Å². The number of allylic oxidation sites excluding steroid dienone is 1. The summed E-state index contributed by atoms with van der Waals surface area (Å²) in [5.41, 5.74) is 1.17. The Labute approximate surface area is 84.6 Å². The maximum absolute atomic E-state index is 5.25. The topological polar surface area (TPSA) is 26.0 Å². The molecule has 1 heterocycles. The standard InChI is InChI=1S/C7H8INOS/c1-4(2)3-5-6(11)9-7(8)10-5/h3,11H,1-2H3. The van der Waals surface area contributed by atoms with Crippen molar-refractivity contribution in [3.63, 3.8) is 0 Å². The van der Waals surface area contributed by atoms with Crippen LogP contribution in [-0.2, 0) is 0 Å². The minimum absolute atomic E-state index is 0.625. The van der Waals surface area contributed by atoms with Gasteiger partial charge in [0.05, 0.1) is 0 Å². The third kappa shape index (κ3) is 2.52. The molecule has 0 N–H and O–H groups in total. The molecule has 0 amide bonds. The molecule has 0 aliphatic rings. The van der Waals surface area contributed by atoms with Crippen LogP contribution >= 0.6 is 35.2 Å². The molecule has 0 unspecified atom stereocenters. The molecular formula is C7H8INOS. The summed E-state index contributed by atoms with van der Waals surface area (Å²) < 4.78 is 5.87. The third-order valence-corrected chi connectivity index (χ3v) is 1.81. The van der Waals surface area contributed by atoms with Gasteiger partial charge in [-0.3, -0.25) is 0 Å². The minimum Gasteiger partial charge on any atom is -0.431 e. The number of rotatable bonds is 1. The fourth-order valence-corrected chi connectivity index (χ4v) is 1.52. The van der Waals surface area contributed by atoms with Crippen molar-refractivity contribution in [1.29, 1.82) is 0 Å². The van der Waals surface area contributed by atoms with Gasteiger partial charge in [-0.1, -0.05) is 5.57 Å². The van der Waals surface area contributed by atoms with Gasteiger partial charge in [0.15, 0.2) is 5.76 Å². The van der Waals surface area contributed by atoms with Crippen molar-refractivity contribution in [3.05, 3.63) is 15.2 Å². The smallest absolute Gasteiger partial charge is 0.258 e. The van der Waals surface area contributed by atoms with Gasteiger partial charge in [0.25, 0.3) is 3.90 Å². The molecule has 1 aromatic heterocycles. The lowest BCUT2D eigenvalue weighted by atomic mass is 10.3. The zero-order valence-electron chi connectivity index (χ0n) is 6.26. The number of oxazole rings is 1. The van der Waals surface area contributed by atoms with Gasteiger partial charge in [-0.25, -0.2) is 0 Å². The van der Waals surface area contributed by atoms with Crippen molar-refractivity contribution in [3.8, 4) is 0 Å². The molecule has 0 aliphatic carbocycles. The highest BCUT2D eigenvalue weighted by molar-refractivity contribution is 14.1. The van der Waals surface area contributed by atoms with Crippen LogP contribution in [0.2, 0.25) is 0 Å². The van der Waals surface area contributed by atoms with Crippen LogP contribution in [0.4, 0.5) is 0 Å². The fraction of sp³-hybridized carbons (Fsp3) is 0.286. The van der Waals surface area contributed by atoms with Crippen molar-refractivity contribution in [2.45, 2.75) is 18.9 Å². The summed E-state index contributed by atoms with van der Waals surface area (Å²) in [7, 11) is 0. The second-order valence-electron chi connectivity index (χ2n) is 2.38. The second kappa shape index (κ2) is 3.62. The van der Waals surface area contributed by atoms with Crippen LogP contribution in [0.3, 0.4) is 0 Å². The number of hydrogen-bond acceptors (Lipinski definition) is 3. The first-order valence-corrected chi connectivity index (χ1v) is 4.62. The first-order valence-electron chi connectivity index (χ1n) is 3.10. The summed E-state index contributed by atoms with van der Waals surface area (Å²) in [4.78, 5) is 4.00. The average Bonchev–Trinajstić information content (AvgIpc) is 2.09. The molecule has 1 rings (SSSR count). The molecule has 2 nitrogen and oxygen atoms in total. The molecule has 0 fully saturated rings. The molecule has 0 aliphatic heterocycles. The summed E-state index contributed by atoms with van der Waals surface area (Å²) in [6.07, 6.45) is 1.91. The van der Waals surface area contributed by atoms with E-state index < -0.39 is 0 Å². The van der Waals surface area contributed by atoms with Gasteiger partial charge in [-0.2, -0.15) is 4.98 Å². The highest BCUT2D eigenvalue weighted by Crippen LogP contribution is 2.18. The van der Waals surface area contributed by atoms with E-state index in [9.17, 15) is 0 Å². The van der Waals surface area contributed by atoms with Crippen LogP contribution in [0.15, 0.2) is 15.0 Å². The van der Waals surface area contributed by atoms with E-state index in [-0.39, 0.29) is 0 Å². The number of nitrogens with zero attached hydrogens (tertiary/aromatic N) is 1. The largest absolute Gasteiger partial charge is 0.431 e. The SMILES string of the molecule is CC(C)=Cc1oc(I)nc1S. The zero-order valence-corrected chi connectivity index (χ0v) is 9.31. The summed E-state index contributed by atoms with van der Waals surface area (Å²) >= 11 is 6.16. The van der Waals surface area contributed by atoms with E-state index >= 15 is 0 Å². The monoisotopic (exact) mass is 281 g/mol. The normalized spacial score (nSPS) is 9.82. The predicted molar refractivity (Wildman–Crippen MR) is 55.8 cm³/mol. The molecular weight excluding hydrogens is 273 g/mol. The Balaban J connectivity index is 3.04. The Morgan fingerprint density at radius 1 is 1.64 bits per heavy atom. The Kier molecular flexibility index (Phi) is 3.00. The van der Waals surface area contributed by atoms with Gasteiger partial charge < -0.3 is 4.42 Å². The van der Waals surface area contributed by atoms with E-state index in [0.717, 1.165) is 5.76 Å². The highest BCUT2D eigenvalue weighted by atomic mass is 127. The van der Waals surface area contributed by atoms with Crippen LogP contribution in [0.25, 0.3) is 6.08 Å². The lowest BCUT2D eigenvalue weighted by Crippen LogP contribution is -1.69. The molecule has 11 heavy (non-hydrogen) atoms. The first-order chi connectivity index (χ1) is 5.09. The molecule has 1 aromatic rings. The van der Waals surface area contributed by atoms with Crippen molar-refractivity contribution in [1.82, 2.24) is 4.98 Å². The maximum atomic E-state index is 5.25. The maximum Gasteiger partial charge on any atom is 0.258 e. The Hall–Kier alpha value is 0.0300. The van der Waals surface area contributed by atoms with E-state index in [1.807, 2.05) is 42.5 Å². The number of hydrogen-bond donors (Lipinski definition) is 1. The molecule has 0 saturated heterocycles. The van der Waals surface area contributed by atoms with Gasteiger partial charge in [-0.15, -0.1) is 12.6 Å². The van der Waals surface area contributed by atoms with Gasteiger partial charge in [-0.05, 0) is 19.9 Å². The van der Waals surface area contributed by atoms with Crippen molar-refractivity contribution in [2.24, 2.45) is 0 Å². The molecule has 0 saturated carbocycles. The Bertz CT molecular complexity index is 289. The van der Waals surface area contributed by atoms with Gasteiger partial charge in [0.2, 0.25) is 0 Å². The summed E-state index contributed by atoms with van der Waals surface area (Å²) in [6.45, 7) is 4.01. The lowest BCUT2D eigenvalue weighted by Gasteiger charge is -1.87. The lowest BCUT2D eigenvalue weighted by molar-refractivity contribution is 0.514. The number of thiol groups is 1. The average molecular weight is 281 g/mol. The molecule has 0 spiro atoms. The quantitative estimate of drug-likeness (QED) is 0.632. The van der Waals surface area contributed by atoms with E-state index in [2.05, 4.69) is 17.6 Å². The van der Waals surface area contributed by atoms with Crippen molar-refractivity contribution < 1.29 is 4.42 Å². The number of halogens is 1. The van der Waals surface area contributed by atoms with E-state index in [1.165, 1.54) is 5.57 Å². The molecule has 0 bridgehead atoms. The molecule has 0 atom stereocenters. The van der Waals surface area contributed by atoms with Gasteiger partial charge in [0, 0.05) is 22.6 Å². The number of aromatic nitrogens is 1. The first kappa shape index (κ1) is 9.12. The predicted octanol–water partition coefficient (Wildman–Crippen LogP) is 2.99.